The molecule has 1 aromatic carbocycles. The Morgan fingerprint density at radius 1 is 1.25 bits per heavy atom. The van der Waals surface area contributed by atoms with E-state index in [1.165, 1.54) is 11.3 Å². The molecule has 7 heteroatoms. The zero-order valence-electron chi connectivity index (χ0n) is 16.3. The minimum Gasteiger partial charge on any atom is -0.497 e. The highest BCUT2D eigenvalue weighted by molar-refractivity contribution is 7.13. The topological polar surface area (TPSA) is 67.6 Å². The lowest BCUT2D eigenvalue weighted by molar-refractivity contribution is 0.0925. The first-order chi connectivity index (χ1) is 13.7. The summed E-state index contributed by atoms with van der Waals surface area (Å²) >= 11 is 1.45. The zero-order chi connectivity index (χ0) is 19.9. The number of ether oxygens (including phenoxy) is 1. The SMILES string of the molecule is CCN(CC)C(CNC(=O)c1csc(-c2ccc(OC)cc2)n1)c1ccco1. The van der Waals surface area contributed by atoms with Crippen molar-refractivity contribution in [2.75, 3.05) is 26.7 Å². The summed E-state index contributed by atoms with van der Waals surface area (Å²) in [5.74, 6) is 1.46. The molecule has 0 bridgehead atoms. The molecule has 0 aliphatic heterocycles. The number of likely N-dealkylation sites (N-methyl/N-ethyl adjacent to an activating group) is 1. The Hall–Kier alpha value is -2.64. The van der Waals surface area contributed by atoms with Gasteiger partial charge in [0.2, 0.25) is 0 Å². The highest BCUT2D eigenvalue weighted by Crippen LogP contribution is 2.26. The van der Waals surface area contributed by atoms with E-state index in [9.17, 15) is 4.79 Å². The van der Waals surface area contributed by atoms with Crippen LogP contribution in [0.25, 0.3) is 10.6 Å². The van der Waals surface area contributed by atoms with Crippen LogP contribution in [0, 0.1) is 0 Å². The maximum absolute atomic E-state index is 12.6. The van der Waals surface area contributed by atoms with Crippen LogP contribution in [0.5, 0.6) is 5.75 Å². The maximum Gasteiger partial charge on any atom is 0.270 e. The van der Waals surface area contributed by atoms with Crippen molar-refractivity contribution in [3.05, 3.63) is 59.5 Å². The van der Waals surface area contributed by atoms with E-state index >= 15 is 0 Å². The summed E-state index contributed by atoms with van der Waals surface area (Å²) in [5, 5.41) is 5.59. The van der Waals surface area contributed by atoms with Gasteiger partial charge < -0.3 is 14.5 Å². The predicted octanol–water partition coefficient (Wildman–Crippen LogP) is 4.22. The number of thiazole rings is 1. The van der Waals surface area contributed by atoms with Crippen molar-refractivity contribution in [3.8, 4) is 16.3 Å². The molecule has 2 heterocycles. The molecule has 0 aliphatic carbocycles. The largest absolute Gasteiger partial charge is 0.497 e. The molecular weight excluding hydrogens is 374 g/mol. The lowest BCUT2D eigenvalue weighted by atomic mass is 10.2. The summed E-state index contributed by atoms with van der Waals surface area (Å²) in [6.07, 6.45) is 1.66. The number of benzene rings is 1. The van der Waals surface area contributed by atoms with Crippen LogP contribution in [0.15, 0.2) is 52.5 Å². The molecule has 0 aliphatic rings. The third-order valence-corrected chi connectivity index (χ3v) is 5.55. The molecule has 3 rings (SSSR count). The number of carbonyl (C=O) groups is 1. The summed E-state index contributed by atoms with van der Waals surface area (Å²) in [4.78, 5) is 19.4. The smallest absolute Gasteiger partial charge is 0.270 e. The molecule has 1 N–H and O–H groups in total. The molecular formula is C21H25N3O3S. The van der Waals surface area contributed by atoms with Crippen LogP contribution < -0.4 is 10.1 Å². The molecule has 1 unspecified atom stereocenters. The number of nitrogens with zero attached hydrogens (tertiary/aromatic N) is 2. The van der Waals surface area contributed by atoms with Gasteiger partial charge in [0.15, 0.2) is 0 Å². The molecule has 148 valence electrons. The van der Waals surface area contributed by atoms with E-state index in [1.807, 2.05) is 36.4 Å². The average molecular weight is 400 g/mol. The normalized spacial score (nSPS) is 12.1. The van der Waals surface area contributed by atoms with Gasteiger partial charge >= 0.3 is 0 Å². The van der Waals surface area contributed by atoms with Gasteiger partial charge in [-0.15, -0.1) is 11.3 Å². The van der Waals surface area contributed by atoms with Crippen molar-refractivity contribution in [1.82, 2.24) is 15.2 Å². The Kier molecular flexibility index (Phi) is 6.84. The Labute approximate surface area is 169 Å². The number of hydrogen-bond acceptors (Lipinski definition) is 6. The minimum atomic E-state index is -0.181. The Morgan fingerprint density at radius 2 is 2.00 bits per heavy atom. The van der Waals surface area contributed by atoms with Crippen molar-refractivity contribution in [2.45, 2.75) is 19.9 Å². The number of nitrogens with one attached hydrogen (secondary N) is 1. The Bertz CT molecular complexity index is 871. The highest BCUT2D eigenvalue weighted by Gasteiger charge is 2.22. The second-order valence-corrected chi connectivity index (χ2v) is 7.09. The second-order valence-electron chi connectivity index (χ2n) is 6.23. The molecule has 0 radical (unpaired) electrons. The lowest BCUT2D eigenvalue weighted by Gasteiger charge is -2.28. The number of carbonyl (C=O) groups excluding carboxylic acids is 1. The third kappa shape index (κ3) is 4.61. The van der Waals surface area contributed by atoms with E-state index in [2.05, 4.69) is 29.0 Å². The van der Waals surface area contributed by atoms with Crippen molar-refractivity contribution < 1.29 is 13.9 Å². The van der Waals surface area contributed by atoms with Crippen LogP contribution in [-0.4, -0.2) is 42.5 Å². The first-order valence-corrected chi connectivity index (χ1v) is 10.2. The fourth-order valence-corrected chi connectivity index (χ4v) is 3.89. The third-order valence-electron chi connectivity index (χ3n) is 4.65. The van der Waals surface area contributed by atoms with Gasteiger partial charge in [-0.05, 0) is 49.5 Å². The summed E-state index contributed by atoms with van der Waals surface area (Å²) < 4.78 is 10.8. The van der Waals surface area contributed by atoms with Crippen LogP contribution in [0.1, 0.15) is 36.1 Å². The molecule has 1 amide bonds. The van der Waals surface area contributed by atoms with Crippen LogP contribution >= 0.6 is 11.3 Å². The molecule has 0 saturated heterocycles. The molecule has 0 saturated carbocycles. The second kappa shape index (κ2) is 9.52. The predicted molar refractivity (Wildman–Crippen MR) is 111 cm³/mol. The Morgan fingerprint density at radius 3 is 2.61 bits per heavy atom. The van der Waals surface area contributed by atoms with Gasteiger partial charge in [-0.25, -0.2) is 4.98 Å². The van der Waals surface area contributed by atoms with Crippen molar-refractivity contribution >= 4 is 17.2 Å². The van der Waals surface area contributed by atoms with Crippen LogP contribution in [-0.2, 0) is 0 Å². The number of hydrogen-bond donors (Lipinski definition) is 1. The monoisotopic (exact) mass is 399 g/mol. The molecule has 28 heavy (non-hydrogen) atoms. The molecule has 0 fully saturated rings. The van der Waals surface area contributed by atoms with Gasteiger partial charge in [-0.2, -0.15) is 0 Å². The van der Waals surface area contributed by atoms with Gasteiger partial charge in [0.05, 0.1) is 19.4 Å². The van der Waals surface area contributed by atoms with Gasteiger partial charge in [0.1, 0.15) is 22.2 Å². The van der Waals surface area contributed by atoms with Gasteiger partial charge in [0.25, 0.3) is 5.91 Å². The maximum atomic E-state index is 12.6. The average Bonchev–Trinajstić information content (AvgIpc) is 3.43. The number of aromatic nitrogens is 1. The van der Waals surface area contributed by atoms with E-state index in [0.29, 0.717) is 12.2 Å². The van der Waals surface area contributed by atoms with E-state index in [-0.39, 0.29) is 11.9 Å². The summed E-state index contributed by atoms with van der Waals surface area (Å²) in [7, 11) is 1.63. The zero-order valence-corrected chi connectivity index (χ0v) is 17.2. The molecule has 2 aromatic heterocycles. The van der Waals surface area contributed by atoms with Crippen LogP contribution in [0.2, 0.25) is 0 Å². The molecule has 0 spiro atoms. The van der Waals surface area contributed by atoms with Crippen LogP contribution in [0.3, 0.4) is 0 Å². The van der Waals surface area contributed by atoms with E-state index in [4.69, 9.17) is 9.15 Å². The summed E-state index contributed by atoms with van der Waals surface area (Å²) in [6, 6.07) is 11.4. The Balaban J connectivity index is 1.67. The fraction of sp³-hybridized carbons (Fsp3) is 0.333. The number of amides is 1. The quantitative estimate of drug-likeness (QED) is 0.583. The standard InChI is InChI=1S/C21H25N3O3S/c1-4-24(5-2)18(19-7-6-12-27-19)13-22-20(25)17-14-28-21(23-17)15-8-10-16(26-3)11-9-15/h6-12,14,18H,4-5,13H2,1-3H3,(H,22,25). The summed E-state index contributed by atoms with van der Waals surface area (Å²) in [5.41, 5.74) is 1.38. The molecule has 1 atom stereocenters. The van der Waals surface area contributed by atoms with E-state index in [0.717, 1.165) is 35.2 Å². The minimum absolute atomic E-state index is 0.00588. The van der Waals surface area contributed by atoms with Crippen molar-refractivity contribution in [3.63, 3.8) is 0 Å². The lowest BCUT2D eigenvalue weighted by Crippen LogP contribution is -2.38. The number of rotatable bonds is 9. The molecule has 6 nitrogen and oxygen atoms in total. The number of furan rings is 1. The van der Waals surface area contributed by atoms with Crippen molar-refractivity contribution in [1.29, 1.82) is 0 Å². The first-order valence-electron chi connectivity index (χ1n) is 9.31. The first kappa shape index (κ1) is 20.1. The van der Waals surface area contributed by atoms with Crippen molar-refractivity contribution in [2.24, 2.45) is 0 Å². The molecule has 3 aromatic rings. The van der Waals surface area contributed by atoms with E-state index < -0.39 is 0 Å². The van der Waals surface area contributed by atoms with Crippen LogP contribution in [0.4, 0.5) is 0 Å². The highest BCUT2D eigenvalue weighted by atomic mass is 32.1. The fourth-order valence-electron chi connectivity index (χ4n) is 3.08. The van der Waals surface area contributed by atoms with E-state index in [1.54, 1.807) is 18.8 Å². The van der Waals surface area contributed by atoms with Gasteiger partial charge in [-0.3, -0.25) is 9.69 Å². The number of methoxy groups -OCH3 is 1. The van der Waals surface area contributed by atoms with Gasteiger partial charge in [0, 0.05) is 17.5 Å². The van der Waals surface area contributed by atoms with Gasteiger partial charge in [-0.1, -0.05) is 13.8 Å². The summed E-state index contributed by atoms with van der Waals surface area (Å²) in [6.45, 7) is 6.40.